The fraction of sp³-hybridized carbons (Fsp3) is 0.429. The van der Waals surface area contributed by atoms with E-state index in [9.17, 15) is 0 Å². The number of rotatable bonds is 1. The zero-order chi connectivity index (χ0) is 7.56. The van der Waals surface area contributed by atoms with E-state index in [1.54, 1.807) is 6.20 Å². The highest BCUT2D eigenvalue weighted by atomic mass is 14.8. The van der Waals surface area contributed by atoms with Crippen LogP contribution in [0.1, 0.15) is 24.2 Å². The van der Waals surface area contributed by atoms with Gasteiger partial charge in [0.1, 0.15) is 6.33 Å². The van der Waals surface area contributed by atoms with Crippen LogP contribution in [0.4, 0.5) is 0 Å². The molecule has 1 atom stereocenters. The molecule has 1 aromatic heterocycles. The molecule has 1 aromatic rings. The molecule has 3 heteroatoms. The Balaban J connectivity index is 3.03. The molecule has 0 fully saturated rings. The van der Waals surface area contributed by atoms with Crippen LogP contribution in [0.2, 0.25) is 0 Å². The lowest BCUT2D eigenvalue weighted by Gasteiger charge is -2.05. The van der Waals surface area contributed by atoms with Crippen LogP contribution < -0.4 is 5.73 Å². The summed E-state index contributed by atoms with van der Waals surface area (Å²) in [6.07, 6.45) is 3.29. The van der Waals surface area contributed by atoms with Crippen molar-refractivity contribution in [1.82, 2.24) is 9.97 Å². The van der Waals surface area contributed by atoms with Crippen LogP contribution in [0.15, 0.2) is 12.5 Å². The predicted octanol–water partition coefficient (Wildman–Crippen LogP) is 0.805. The van der Waals surface area contributed by atoms with Gasteiger partial charge >= 0.3 is 0 Å². The van der Waals surface area contributed by atoms with Gasteiger partial charge in [-0.2, -0.15) is 0 Å². The number of aryl methyl sites for hydroxylation is 1. The van der Waals surface area contributed by atoms with E-state index >= 15 is 0 Å². The lowest BCUT2D eigenvalue weighted by Crippen LogP contribution is -2.08. The third-order valence-corrected chi connectivity index (χ3v) is 1.44. The van der Waals surface area contributed by atoms with Crippen LogP contribution in [-0.4, -0.2) is 9.97 Å². The van der Waals surface area contributed by atoms with Crippen molar-refractivity contribution in [3.63, 3.8) is 0 Å². The Kier molecular flexibility index (Phi) is 1.97. The second-order valence-corrected chi connectivity index (χ2v) is 2.35. The van der Waals surface area contributed by atoms with E-state index in [4.69, 9.17) is 5.73 Å². The highest BCUT2D eigenvalue weighted by Crippen LogP contribution is 2.09. The third kappa shape index (κ3) is 1.30. The highest BCUT2D eigenvalue weighted by molar-refractivity contribution is 5.17. The maximum Gasteiger partial charge on any atom is 0.115 e. The number of hydrogen-bond donors (Lipinski definition) is 1. The monoisotopic (exact) mass is 137 g/mol. The largest absolute Gasteiger partial charge is 0.324 e. The van der Waals surface area contributed by atoms with Gasteiger partial charge in [0.05, 0.1) is 0 Å². The zero-order valence-corrected chi connectivity index (χ0v) is 6.20. The van der Waals surface area contributed by atoms with E-state index in [-0.39, 0.29) is 6.04 Å². The van der Waals surface area contributed by atoms with Crippen LogP contribution in [0, 0.1) is 6.92 Å². The van der Waals surface area contributed by atoms with Gasteiger partial charge < -0.3 is 5.73 Å². The average Bonchev–Trinajstić information content (AvgIpc) is 1.88. The molecule has 0 aliphatic heterocycles. The number of nitrogens with two attached hydrogens (primary N) is 1. The fourth-order valence-electron chi connectivity index (χ4n) is 0.849. The predicted molar refractivity (Wildman–Crippen MR) is 39.4 cm³/mol. The molecule has 10 heavy (non-hydrogen) atoms. The lowest BCUT2D eigenvalue weighted by molar-refractivity contribution is 0.789. The Morgan fingerprint density at radius 2 is 2.30 bits per heavy atom. The van der Waals surface area contributed by atoms with E-state index in [1.165, 1.54) is 6.33 Å². The van der Waals surface area contributed by atoms with E-state index in [0.29, 0.717) is 0 Å². The Bertz CT molecular complexity index is 220. The minimum atomic E-state index is 0.0289. The van der Waals surface area contributed by atoms with Crippen molar-refractivity contribution in [2.24, 2.45) is 5.73 Å². The molecule has 0 unspecified atom stereocenters. The molecule has 0 saturated carbocycles. The van der Waals surface area contributed by atoms with E-state index < -0.39 is 0 Å². The Morgan fingerprint density at radius 3 is 2.70 bits per heavy atom. The average molecular weight is 137 g/mol. The summed E-state index contributed by atoms with van der Waals surface area (Å²) in [4.78, 5) is 7.88. The van der Waals surface area contributed by atoms with Crippen molar-refractivity contribution in [2.75, 3.05) is 0 Å². The molecule has 0 amide bonds. The van der Waals surface area contributed by atoms with Crippen molar-refractivity contribution in [2.45, 2.75) is 19.9 Å². The Labute approximate surface area is 60.3 Å². The normalized spacial score (nSPS) is 13.1. The molecule has 3 nitrogen and oxygen atoms in total. The van der Waals surface area contributed by atoms with Crippen LogP contribution >= 0.6 is 0 Å². The first-order valence-corrected chi connectivity index (χ1v) is 3.24. The molecule has 1 heterocycles. The van der Waals surface area contributed by atoms with E-state index in [2.05, 4.69) is 9.97 Å². The third-order valence-electron chi connectivity index (χ3n) is 1.44. The second kappa shape index (κ2) is 2.75. The fourth-order valence-corrected chi connectivity index (χ4v) is 0.849. The van der Waals surface area contributed by atoms with Gasteiger partial charge in [0.2, 0.25) is 0 Å². The molecule has 0 aliphatic rings. The minimum absolute atomic E-state index is 0.0289. The molecule has 0 saturated heterocycles. The summed E-state index contributed by atoms with van der Waals surface area (Å²) >= 11 is 0. The summed E-state index contributed by atoms with van der Waals surface area (Å²) in [5, 5.41) is 0. The topological polar surface area (TPSA) is 51.8 Å². The van der Waals surface area contributed by atoms with Gasteiger partial charge in [-0.15, -0.1) is 0 Å². The first-order chi connectivity index (χ1) is 4.72. The number of nitrogens with zero attached hydrogens (tertiary/aromatic N) is 2. The van der Waals surface area contributed by atoms with Crippen molar-refractivity contribution in [3.8, 4) is 0 Å². The molecule has 1 rings (SSSR count). The van der Waals surface area contributed by atoms with Crippen LogP contribution in [0.25, 0.3) is 0 Å². The van der Waals surface area contributed by atoms with Crippen molar-refractivity contribution >= 4 is 0 Å². The van der Waals surface area contributed by atoms with Crippen molar-refractivity contribution in [1.29, 1.82) is 0 Å². The summed E-state index contributed by atoms with van der Waals surface area (Å²) in [7, 11) is 0. The second-order valence-electron chi connectivity index (χ2n) is 2.35. The summed E-state index contributed by atoms with van der Waals surface area (Å²) in [5.41, 5.74) is 7.61. The summed E-state index contributed by atoms with van der Waals surface area (Å²) in [5.74, 6) is 0. The molecular weight excluding hydrogens is 126 g/mol. The van der Waals surface area contributed by atoms with E-state index in [1.807, 2.05) is 13.8 Å². The maximum atomic E-state index is 5.63. The first-order valence-electron chi connectivity index (χ1n) is 3.24. The van der Waals surface area contributed by atoms with Crippen molar-refractivity contribution in [3.05, 3.63) is 23.8 Å². The molecule has 54 valence electrons. The van der Waals surface area contributed by atoms with Gasteiger partial charge in [-0.1, -0.05) is 0 Å². The minimum Gasteiger partial charge on any atom is -0.324 e. The highest BCUT2D eigenvalue weighted by Gasteiger charge is 2.02. The van der Waals surface area contributed by atoms with Crippen LogP contribution in [-0.2, 0) is 0 Å². The molecule has 0 aromatic carbocycles. The molecule has 0 spiro atoms. The molecule has 2 N–H and O–H groups in total. The van der Waals surface area contributed by atoms with Gasteiger partial charge in [-0.3, -0.25) is 0 Å². The SMILES string of the molecule is Cc1ncncc1[C@@H](C)N. The smallest absolute Gasteiger partial charge is 0.115 e. The molecule has 0 radical (unpaired) electrons. The summed E-state index contributed by atoms with van der Waals surface area (Å²) in [6.45, 7) is 3.85. The van der Waals surface area contributed by atoms with Crippen LogP contribution in [0.5, 0.6) is 0 Å². The standard InChI is InChI=1S/C7H11N3/c1-5(8)7-3-9-4-10-6(7)2/h3-5H,8H2,1-2H3/t5-/m1/s1. The first kappa shape index (κ1) is 7.15. The molecule has 0 bridgehead atoms. The Hall–Kier alpha value is -0.960. The number of hydrogen-bond acceptors (Lipinski definition) is 3. The van der Waals surface area contributed by atoms with Crippen molar-refractivity contribution < 1.29 is 0 Å². The van der Waals surface area contributed by atoms with Gasteiger partial charge in [-0.05, 0) is 13.8 Å². The Morgan fingerprint density at radius 1 is 1.60 bits per heavy atom. The van der Waals surface area contributed by atoms with Gasteiger partial charge in [-0.25, -0.2) is 9.97 Å². The van der Waals surface area contributed by atoms with E-state index in [0.717, 1.165) is 11.3 Å². The summed E-state index contributed by atoms with van der Waals surface area (Å²) in [6, 6.07) is 0.0289. The quantitative estimate of drug-likeness (QED) is 0.623. The van der Waals surface area contributed by atoms with Gasteiger partial charge in [0.25, 0.3) is 0 Å². The lowest BCUT2D eigenvalue weighted by atomic mass is 10.1. The number of aromatic nitrogens is 2. The summed E-state index contributed by atoms with van der Waals surface area (Å²) < 4.78 is 0. The maximum absolute atomic E-state index is 5.63. The van der Waals surface area contributed by atoms with Crippen LogP contribution in [0.3, 0.4) is 0 Å². The molecular formula is C7H11N3. The zero-order valence-electron chi connectivity index (χ0n) is 6.20. The van der Waals surface area contributed by atoms with Gasteiger partial charge in [0.15, 0.2) is 0 Å². The molecule has 0 aliphatic carbocycles. The van der Waals surface area contributed by atoms with Gasteiger partial charge in [0, 0.05) is 23.5 Å².